The van der Waals surface area contributed by atoms with Gasteiger partial charge in [0.2, 0.25) is 11.8 Å². The van der Waals surface area contributed by atoms with Gasteiger partial charge in [0.05, 0.1) is 16.4 Å². The Labute approximate surface area is 174 Å². The van der Waals surface area contributed by atoms with Gasteiger partial charge in [-0.3, -0.25) is 19.7 Å². The molecule has 0 aliphatic rings. The largest absolute Gasteiger partial charge is 0.326 e. The average molecular weight is 428 g/mol. The normalized spacial score (nSPS) is 10.4. The molecule has 0 spiro atoms. The smallest absolute Gasteiger partial charge is 0.269 e. The van der Waals surface area contributed by atoms with Crippen LogP contribution in [0, 0.1) is 10.1 Å². The summed E-state index contributed by atoms with van der Waals surface area (Å²) in [5.41, 5.74) is 2.31. The number of anilines is 2. The molecule has 3 rings (SSSR count). The van der Waals surface area contributed by atoms with Crippen LogP contribution < -0.4 is 10.6 Å². The van der Waals surface area contributed by atoms with Crippen LogP contribution in [0.5, 0.6) is 0 Å². The van der Waals surface area contributed by atoms with E-state index in [1.807, 2.05) is 17.5 Å². The van der Waals surface area contributed by atoms with Gasteiger partial charge in [-0.2, -0.15) is 0 Å². The zero-order valence-electron chi connectivity index (χ0n) is 15.2. The maximum Gasteiger partial charge on any atom is 0.269 e. The number of nitrogens with one attached hydrogen (secondary N) is 2. The fourth-order valence-corrected chi connectivity index (χ4v) is 3.79. The summed E-state index contributed by atoms with van der Waals surface area (Å²) in [6.45, 7) is 1.45. The van der Waals surface area contributed by atoms with Crippen LogP contribution in [0.3, 0.4) is 0 Å². The number of amides is 2. The van der Waals surface area contributed by atoms with E-state index < -0.39 is 4.92 Å². The van der Waals surface area contributed by atoms with Gasteiger partial charge < -0.3 is 10.6 Å². The van der Waals surface area contributed by atoms with E-state index in [-0.39, 0.29) is 23.3 Å². The van der Waals surface area contributed by atoms with Gasteiger partial charge >= 0.3 is 0 Å². The molecule has 1 aromatic heterocycles. The van der Waals surface area contributed by atoms with Crippen molar-refractivity contribution in [2.75, 3.05) is 16.4 Å². The molecule has 0 unspecified atom stereocenters. The van der Waals surface area contributed by atoms with E-state index in [1.54, 1.807) is 24.3 Å². The van der Waals surface area contributed by atoms with E-state index in [9.17, 15) is 19.7 Å². The zero-order chi connectivity index (χ0) is 20.8. The summed E-state index contributed by atoms with van der Waals surface area (Å²) >= 11 is 2.60. The molecule has 29 heavy (non-hydrogen) atoms. The predicted molar refractivity (Wildman–Crippen MR) is 114 cm³/mol. The van der Waals surface area contributed by atoms with Crippen LogP contribution in [0.1, 0.15) is 6.92 Å². The van der Waals surface area contributed by atoms with Crippen LogP contribution >= 0.6 is 23.1 Å². The van der Waals surface area contributed by atoms with Crippen molar-refractivity contribution in [1.29, 1.82) is 0 Å². The van der Waals surface area contributed by atoms with Crippen molar-refractivity contribution in [3.63, 3.8) is 0 Å². The first-order valence-corrected chi connectivity index (χ1v) is 10.3. The molecule has 0 saturated carbocycles. The second-order valence-electron chi connectivity index (χ2n) is 5.88. The first-order valence-electron chi connectivity index (χ1n) is 8.41. The molecule has 1 heterocycles. The number of carbonyl (C=O) groups is 2. The lowest BCUT2D eigenvalue weighted by Gasteiger charge is -2.03. The number of nitro benzene ring substituents is 1. The molecule has 0 atom stereocenters. The third-order valence-corrected chi connectivity index (χ3v) is 5.44. The Balaban J connectivity index is 1.54. The summed E-state index contributed by atoms with van der Waals surface area (Å²) in [7, 11) is 0. The number of benzene rings is 2. The van der Waals surface area contributed by atoms with Crippen molar-refractivity contribution in [2.24, 2.45) is 0 Å². The van der Waals surface area contributed by atoms with E-state index in [0.717, 1.165) is 16.2 Å². The highest BCUT2D eigenvalue weighted by atomic mass is 32.2. The second kappa shape index (κ2) is 9.30. The Morgan fingerprint density at radius 1 is 1.10 bits per heavy atom. The quantitative estimate of drug-likeness (QED) is 0.327. The van der Waals surface area contributed by atoms with Crippen LogP contribution in [-0.4, -0.2) is 27.5 Å². The molecule has 0 radical (unpaired) electrons. The van der Waals surface area contributed by atoms with Crippen LogP contribution in [0.2, 0.25) is 0 Å². The van der Waals surface area contributed by atoms with Crippen molar-refractivity contribution in [1.82, 2.24) is 4.98 Å². The highest BCUT2D eigenvalue weighted by Gasteiger charge is 2.10. The van der Waals surface area contributed by atoms with Crippen molar-refractivity contribution >= 4 is 51.4 Å². The minimum absolute atomic E-state index is 0.0132. The molecule has 0 bridgehead atoms. The van der Waals surface area contributed by atoms with Gasteiger partial charge in [-0.25, -0.2) is 4.98 Å². The SMILES string of the molecule is CC(=O)Nc1ccc(-c2csc(NC(=O)CSc3ccc([N+](=O)[O-])cc3)n2)cc1. The summed E-state index contributed by atoms with van der Waals surface area (Å²) in [5, 5.41) is 18.4. The van der Waals surface area contributed by atoms with Crippen molar-refractivity contribution < 1.29 is 14.5 Å². The number of aromatic nitrogens is 1. The van der Waals surface area contributed by atoms with E-state index in [0.29, 0.717) is 10.8 Å². The number of thioether (sulfide) groups is 1. The Morgan fingerprint density at radius 2 is 1.79 bits per heavy atom. The highest BCUT2D eigenvalue weighted by molar-refractivity contribution is 8.00. The average Bonchev–Trinajstić information content (AvgIpc) is 3.15. The summed E-state index contributed by atoms with van der Waals surface area (Å²) < 4.78 is 0. The first kappa shape index (κ1) is 20.5. The number of nitro groups is 1. The lowest BCUT2D eigenvalue weighted by atomic mass is 10.1. The molecule has 0 aliphatic heterocycles. The molecule has 2 amide bonds. The monoisotopic (exact) mass is 428 g/mol. The van der Waals surface area contributed by atoms with Crippen LogP contribution in [0.15, 0.2) is 58.8 Å². The summed E-state index contributed by atoms with van der Waals surface area (Å²) in [4.78, 5) is 38.6. The summed E-state index contributed by atoms with van der Waals surface area (Å²) in [6.07, 6.45) is 0. The Bertz CT molecular complexity index is 1030. The summed E-state index contributed by atoms with van der Waals surface area (Å²) in [5.74, 6) is -0.184. The Morgan fingerprint density at radius 3 is 2.41 bits per heavy atom. The molecule has 2 N–H and O–H groups in total. The van der Waals surface area contributed by atoms with Gasteiger partial charge in [-0.05, 0) is 24.3 Å². The molecule has 2 aromatic carbocycles. The van der Waals surface area contributed by atoms with Gasteiger partial charge in [0.25, 0.3) is 5.69 Å². The lowest BCUT2D eigenvalue weighted by molar-refractivity contribution is -0.384. The zero-order valence-corrected chi connectivity index (χ0v) is 16.9. The van der Waals surface area contributed by atoms with Gasteiger partial charge in [0.15, 0.2) is 5.13 Å². The van der Waals surface area contributed by atoms with Gasteiger partial charge in [0.1, 0.15) is 0 Å². The number of carbonyl (C=O) groups excluding carboxylic acids is 2. The topological polar surface area (TPSA) is 114 Å². The number of thiazole rings is 1. The fourth-order valence-electron chi connectivity index (χ4n) is 2.36. The molecular formula is C19H16N4O4S2. The minimum Gasteiger partial charge on any atom is -0.326 e. The molecule has 148 valence electrons. The standard InChI is InChI=1S/C19H16N4O4S2/c1-12(24)20-14-4-2-13(3-5-14)17-10-29-19(21-17)22-18(25)11-28-16-8-6-15(7-9-16)23(26)27/h2-10H,11H2,1H3,(H,20,24)(H,21,22,25). The van der Waals surface area contributed by atoms with Crippen molar-refractivity contribution in [2.45, 2.75) is 11.8 Å². The summed E-state index contributed by atoms with van der Waals surface area (Å²) in [6, 6.07) is 13.3. The number of nitrogens with zero attached hydrogens (tertiary/aromatic N) is 2. The van der Waals surface area contributed by atoms with Crippen LogP contribution in [0.4, 0.5) is 16.5 Å². The third kappa shape index (κ3) is 5.87. The molecule has 8 nitrogen and oxygen atoms in total. The van der Waals surface area contributed by atoms with Crippen molar-refractivity contribution in [3.05, 3.63) is 64.0 Å². The number of rotatable bonds is 7. The Kier molecular flexibility index (Phi) is 6.57. The molecule has 0 fully saturated rings. The van der Waals surface area contributed by atoms with E-state index >= 15 is 0 Å². The molecule has 3 aromatic rings. The lowest BCUT2D eigenvalue weighted by Crippen LogP contribution is -2.13. The minimum atomic E-state index is -0.464. The Hall–Kier alpha value is -3.24. The number of hydrogen-bond acceptors (Lipinski definition) is 7. The van der Waals surface area contributed by atoms with E-state index in [2.05, 4.69) is 15.6 Å². The maximum atomic E-state index is 12.1. The number of non-ortho nitro benzene ring substituents is 1. The highest BCUT2D eigenvalue weighted by Crippen LogP contribution is 2.27. The van der Waals surface area contributed by atoms with Gasteiger partial charge in [-0.15, -0.1) is 23.1 Å². The van der Waals surface area contributed by atoms with E-state index in [4.69, 9.17) is 0 Å². The van der Waals surface area contributed by atoms with Crippen LogP contribution in [0.25, 0.3) is 11.3 Å². The molecular weight excluding hydrogens is 412 g/mol. The van der Waals surface area contributed by atoms with Crippen molar-refractivity contribution in [3.8, 4) is 11.3 Å². The van der Waals surface area contributed by atoms with Gasteiger partial charge in [0, 0.05) is 40.6 Å². The predicted octanol–water partition coefficient (Wildman–Crippen LogP) is 4.41. The number of hydrogen-bond donors (Lipinski definition) is 2. The maximum absolute atomic E-state index is 12.1. The third-order valence-electron chi connectivity index (χ3n) is 3.67. The molecule has 10 heteroatoms. The van der Waals surface area contributed by atoms with E-state index in [1.165, 1.54) is 42.2 Å². The molecule has 0 saturated heterocycles. The second-order valence-corrected chi connectivity index (χ2v) is 7.79. The molecule has 0 aliphatic carbocycles. The first-order chi connectivity index (χ1) is 13.9. The van der Waals surface area contributed by atoms with Crippen LogP contribution in [-0.2, 0) is 9.59 Å². The fraction of sp³-hybridized carbons (Fsp3) is 0.105. The van der Waals surface area contributed by atoms with Gasteiger partial charge in [-0.1, -0.05) is 12.1 Å².